The van der Waals surface area contributed by atoms with Gasteiger partial charge in [-0.25, -0.2) is 4.98 Å². The van der Waals surface area contributed by atoms with Gasteiger partial charge in [-0.1, -0.05) is 31.2 Å². The number of carbonyl (C=O) groups is 1. The summed E-state index contributed by atoms with van der Waals surface area (Å²) in [6.07, 6.45) is 0.240. The standard InChI is InChI=1S/C19H19N3O3/c1-2-11-22-14-8-4-3-7-13(14)20-19(22)21-18(23)17-12-24-15-9-5-6-10-16(15)25-17/h3-10,17H,2,11-12H2,1H3,(H,20,21,23)/t17-/m1/s1. The first-order valence-corrected chi connectivity index (χ1v) is 8.41. The lowest BCUT2D eigenvalue weighted by Crippen LogP contribution is -2.40. The molecule has 0 unspecified atom stereocenters. The maximum Gasteiger partial charge on any atom is 0.271 e. The van der Waals surface area contributed by atoms with Crippen molar-refractivity contribution in [3.05, 3.63) is 48.5 Å². The minimum Gasteiger partial charge on any atom is -0.485 e. The number of amides is 1. The van der Waals surface area contributed by atoms with Gasteiger partial charge in [0.05, 0.1) is 11.0 Å². The maximum absolute atomic E-state index is 12.6. The number of fused-ring (bicyclic) bond motifs is 2. The van der Waals surface area contributed by atoms with E-state index in [1.54, 1.807) is 6.07 Å². The minimum atomic E-state index is -0.704. The number of benzene rings is 2. The topological polar surface area (TPSA) is 65.4 Å². The molecule has 0 saturated carbocycles. The predicted molar refractivity (Wildman–Crippen MR) is 95.0 cm³/mol. The van der Waals surface area contributed by atoms with Gasteiger partial charge in [0.1, 0.15) is 6.61 Å². The van der Waals surface area contributed by atoms with Gasteiger partial charge >= 0.3 is 0 Å². The van der Waals surface area contributed by atoms with E-state index in [2.05, 4.69) is 17.2 Å². The Kier molecular flexibility index (Phi) is 4.01. The summed E-state index contributed by atoms with van der Waals surface area (Å²) < 4.78 is 13.4. The lowest BCUT2D eigenvalue weighted by molar-refractivity contribution is -0.125. The van der Waals surface area contributed by atoms with Crippen LogP contribution in [0.4, 0.5) is 5.95 Å². The summed E-state index contributed by atoms with van der Waals surface area (Å²) in [6.45, 7) is 3.05. The molecular formula is C19H19N3O3. The fourth-order valence-electron chi connectivity index (χ4n) is 2.96. The van der Waals surface area contributed by atoms with Crippen molar-refractivity contribution in [2.24, 2.45) is 0 Å². The summed E-state index contributed by atoms with van der Waals surface area (Å²) in [6, 6.07) is 15.2. The highest BCUT2D eigenvalue weighted by Gasteiger charge is 2.28. The SMILES string of the molecule is CCCn1c(NC(=O)[C@H]2COc3ccccc3O2)nc2ccccc21. The number of para-hydroxylation sites is 4. The Morgan fingerprint density at radius 2 is 1.96 bits per heavy atom. The van der Waals surface area contributed by atoms with Crippen molar-refractivity contribution < 1.29 is 14.3 Å². The molecule has 3 aromatic rings. The van der Waals surface area contributed by atoms with E-state index in [4.69, 9.17) is 9.47 Å². The molecule has 25 heavy (non-hydrogen) atoms. The van der Waals surface area contributed by atoms with E-state index < -0.39 is 6.10 Å². The molecule has 2 aromatic carbocycles. The highest BCUT2D eigenvalue weighted by Crippen LogP contribution is 2.31. The van der Waals surface area contributed by atoms with Crippen LogP contribution in [0.3, 0.4) is 0 Å². The van der Waals surface area contributed by atoms with E-state index in [0.29, 0.717) is 17.4 Å². The summed E-state index contributed by atoms with van der Waals surface area (Å²) in [4.78, 5) is 17.2. The Hall–Kier alpha value is -3.02. The van der Waals surface area contributed by atoms with Crippen LogP contribution in [0.5, 0.6) is 11.5 Å². The van der Waals surface area contributed by atoms with Gasteiger partial charge in [0.2, 0.25) is 12.1 Å². The quantitative estimate of drug-likeness (QED) is 0.794. The second-order valence-corrected chi connectivity index (χ2v) is 5.93. The molecular weight excluding hydrogens is 318 g/mol. The highest BCUT2D eigenvalue weighted by atomic mass is 16.6. The summed E-state index contributed by atoms with van der Waals surface area (Å²) in [7, 11) is 0. The van der Waals surface area contributed by atoms with Gasteiger partial charge in [0, 0.05) is 6.54 Å². The fourth-order valence-corrected chi connectivity index (χ4v) is 2.96. The zero-order chi connectivity index (χ0) is 17.2. The molecule has 1 atom stereocenters. The summed E-state index contributed by atoms with van der Waals surface area (Å²) in [5.41, 5.74) is 1.86. The molecule has 0 radical (unpaired) electrons. The summed E-state index contributed by atoms with van der Waals surface area (Å²) in [5.74, 6) is 1.51. The van der Waals surface area contributed by atoms with E-state index in [1.165, 1.54) is 0 Å². The van der Waals surface area contributed by atoms with Crippen LogP contribution in [-0.4, -0.2) is 28.2 Å². The minimum absolute atomic E-state index is 0.177. The number of anilines is 1. The second-order valence-electron chi connectivity index (χ2n) is 5.93. The van der Waals surface area contributed by atoms with Crippen LogP contribution in [0.25, 0.3) is 11.0 Å². The van der Waals surface area contributed by atoms with E-state index in [0.717, 1.165) is 24.0 Å². The smallest absolute Gasteiger partial charge is 0.271 e. The van der Waals surface area contributed by atoms with Crippen molar-refractivity contribution >= 4 is 22.9 Å². The third-order valence-electron chi connectivity index (χ3n) is 4.14. The maximum atomic E-state index is 12.6. The third-order valence-corrected chi connectivity index (χ3v) is 4.14. The molecule has 6 nitrogen and oxygen atoms in total. The molecule has 6 heteroatoms. The van der Waals surface area contributed by atoms with Gasteiger partial charge in [-0.3, -0.25) is 10.1 Å². The zero-order valence-electron chi connectivity index (χ0n) is 13.9. The molecule has 1 aromatic heterocycles. The van der Waals surface area contributed by atoms with Crippen LogP contribution in [0.2, 0.25) is 0 Å². The van der Waals surface area contributed by atoms with E-state index >= 15 is 0 Å². The van der Waals surface area contributed by atoms with E-state index in [9.17, 15) is 4.79 Å². The number of nitrogens with one attached hydrogen (secondary N) is 1. The molecule has 1 aliphatic heterocycles. The fraction of sp³-hybridized carbons (Fsp3) is 0.263. The Bertz CT molecular complexity index is 919. The molecule has 2 heterocycles. The average molecular weight is 337 g/mol. The number of ether oxygens (including phenoxy) is 2. The highest BCUT2D eigenvalue weighted by molar-refractivity contribution is 5.95. The Balaban J connectivity index is 1.57. The van der Waals surface area contributed by atoms with Crippen molar-refractivity contribution in [3.63, 3.8) is 0 Å². The number of carbonyl (C=O) groups excluding carboxylic acids is 1. The number of aromatic nitrogens is 2. The van der Waals surface area contributed by atoms with E-state index in [1.807, 2.05) is 47.0 Å². The molecule has 0 saturated heterocycles. The first-order chi connectivity index (χ1) is 12.3. The molecule has 0 bridgehead atoms. The molecule has 128 valence electrons. The molecule has 1 amide bonds. The number of nitrogens with zero attached hydrogens (tertiary/aromatic N) is 2. The van der Waals surface area contributed by atoms with Crippen LogP contribution < -0.4 is 14.8 Å². The molecule has 1 aliphatic rings. The summed E-state index contributed by atoms with van der Waals surface area (Å²) in [5, 5.41) is 2.89. The number of imidazole rings is 1. The van der Waals surface area contributed by atoms with Crippen molar-refractivity contribution in [2.75, 3.05) is 11.9 Å². The predicted octanol–water partition coefficient (Wildman–Crippen LogP) is 3.22. The Morgan fingerprint density at radius 1 is 1.20 bits per heavy atom. The van der Waals surface area contributed by atoms with Gasteiger partial charge < -0.3 is 14.0 Å². The van der Waals surface area contributed by atoms with Gasteiger partial charge in [-0.05, 0) is 30.7 Å². The number of hydrogen-bond acceptors (Lipinski definition) is 4. The summed E-state index contributed by atoms with van der Waals surface area (Å²) >= 11 is 0. The van der Waals surface area contributed by atoms with Gasteiger partial charge in [0.15, 0.2) is 11.5 Å². The van der Waals surface area contributed by atoms with Crippen molar-refractivity contribution in [2.45, 2.75) is 26.0 Å². The van der Waals surface area contributed by atoms with Crippen LogP contribution >= 0.6 is 0 Å². The van der Waals surface area contributed by atoms with Crippen LogP contribution in [-0.2, 0) is 11.3 Å². The van der Waals surface area contributed by atoms with Crippen LogP contribution in [0, 0.1) is 0 Å². The first-order valence-electron chi connectivity index (χ1n) is 8.41. The van der Waals surface area contributed by atoms with Crippen LogP contribution in [0.15, 0.2) is 48.5 Å². The lowest BCUT2D eigenvalue weighted by Gasteiger charge is -2.25. The van der Waals surface area contributed by atoms with Crippen molar-refractivity contribution in [1.82, 2.24) is 9.55 Å². The van der Waals surface area contributed by atoms with Gasteiger partial charge in [-0.2, -0.15) is 0 Å². The molecule has 1 N–H and O–H groups in total. The van der Waals surface area contributed by atoms with Gasteiger partial charge in [0.25, 0.3) is 5.91 Å². The van der Waals surface area contributed by atoms with Crippen molar-refractivity contribution in [1.29, 1.82) is 0 Å². The van der Waals surface area contributed by atoms with E-state index in [-0.39, 0.29) is 12.5 Å². The van der Waals surface area contributed by atoms with Gasteiger partial charge in [-0.15, -0.1) is 0 Å². The lowest BCUT2D eigenvalue weighted by atomic mass is 10.2. The molecule has 0 fully saturated rings. The Morgan fingerprint density at radius 3 is 2.80 bits per heavy atom. The largest absolute Gasteiger partial charge is 0.485 e. The second kappa shape index (κ2) is 6.47. The first kappa shape index (κ1) is 15.5. The van der Waals surface area contributed by atoms with Crippen LogP contribution in [0.1, 0.15) is 13.3 Å². The zero-order valence-corrected chi connectivity index (χ0v) is 13.9. The third kappa shape index (κ3) is 2.91. The average Bonchev–Trinajstić information content (AvgIpc) is 2.99. The molecule has 4 rings (SSSR count). The molecule has 0 spiro atoms. The molecule has 0 aliphatic carbocycles. The monoisotopic (exact) mass is 337 g/mol. The number of aryl methyl sites for hydroxylation is 1. The number of rotatable bonds is 4. The normalized spacial score (nSPS) is 16.0. The number of hydrogen-bond donors (Lipinski definition) is 1. The van der Waals surface area contributed by atoms with Crippen molar-refractivity contribution in [3.8, 4) is 11.5 Å². The Labute approximate surface area is 145 Å².